The first-order chi connectivity index (χ1) is 5.18. The van der Waals surface area contributed by atoms with Crippen LogP contribution in [0.3, 0.4) is 0 Å². The molecule has 0 aliphatic carbocycles. The van der Waals surface area contributed by atoms with Crippen LogP contribution in [0.1, 0.15) is 20.8 Å². The standard InChI is InChI=1S/C4H11N.C2H6BrO3P/c1-4(2,3)5;3-1-2(4)7(5)6/h5H2,1-3H3;2,4,7H,1H2,(H,5,6). The summed E-state index contributed by atoms with van der Waals surface area (Å²) in [6.07, 6.45) is 0. The molecule has 0 aliphatic heterocycles. The van der Waals surface area contributed by atoms with Gasteiger partial charge in [0.15, 0.2) is 0 Å². The molecule has 12 heavy (non-hydrogen) atoms. The average molecular weight is 262 g/mol. The van der Waals surface area contributed by atoms with Gasteiger partial charge in [-0.05, 0) is 20.8 Å². The first-order valence-corrected chi connectivity index (χ1v) is 5.99. The summed E-state index contributed by atoms with van der Waals surface area (Å²) in [5.41, 5.74) is 5.35. The van der Waals surface area contributed by atoms with Gasteiger partial charge in [-0.3, -0.25) is 4.57 Å². The quantitative estimate of drug-likeness (QED) is 0.510. The fraction of sp³-hybridized carbons (Fsp3) is 1.00. The molecule has 0 rings (SSSR count). The maximum Gasteiger partial charge on any atom is 0.217 e. The van der Waals surface area contributed by atoms with E-state index < -0.39 is 13.9 Å². The summed E-state index contributed by atoms with van der Waals surface area (Å²) in [6.45, 7) is 5.90. The Hall–Kier alpha value is 0.590. The van der Waals surface area contributed by atoms with Gasteiger partial charge in [0, 0.05) is 10.9 Å². The molecule has 0 bridgehead atoms. The summed E-state index contributed by atoms with van der Waals surface area (Å²) in [5.74, 6) is -1.08. The molecule has 0 radical (unpaired) electrons. The van der Waals surface area contributed by atoms with Crippen molar-refractivity contribution in [2.45, 2.75) is 32.2 Å². The van der Waals surface area contributed by atoms with Crippen LogP contribution >= 0.6 is 24.0 Å². The molecule has 0 saturated heterocycles. The Bertz CT molecular complexity index is 131. The Morgan fingerprint density at radius 2 is 1.83 bits per heavy atom. The Labute approximate surface area is 82.2 Å². The van der Waals surface area contributed by atoms with Gasteiger partial charge < -0.3 is 15.7 Å². The third kappa shape index (κ3) is 22.4. The number of hydrogen-bond acceptors (Lipinski definition) is 3. The molecule has 0 fully saturated rings. The second-order valence-electron chi connectivity index (χ2n) is 3.37. The normalized spacial score (nSPS) is 15.9. The van der Waals surface area contributed by atoms with E-state index in [0.717, 1.165) is 0 Å². The lowest BCUT2D eigenvalue weighted by Crippen LogP contribution is -2.26. The molecule has 0 saturated carbocycles. The van der Waals surface area contributed by atoms with Crippen LogP contribution in [0.2, 0.25) is 0 Å². The van der Waals surface area contributed by atoms with Crippen molar-refractivity contribution < 1.29 is 14.6 Å². The topological polar surface area (TPSA) is 83.6 Å². The molecule has 0 spiro atoms. The largest absolute Gasteiger partial charge is 0.382 e. The number of halogens is 1. The van der Waals surface area contributed by atoms with Crippen molar-refractivity contribution in [3.63, 3.8) is 0 Å². The smallest absolute Gasteiger partial charge is 0.217 e. The minimum Gasteiger partial charge on any atom is -0.382 e. The first-order valence-electron chi connectivity index (χ1n) is 3.44. The highest BCUT2D eigenvalue weighted by molar-refractivity contribution is 9.09. The van der Waals surface area contributed by atoms with Gasteiger partial charge in [0.1, 0.15) is 5.85 Å². The summed E-state index contributed by atoms with van der Waals surface area (Å²) in [7, 11) is -2.70. The third-order valence-electron chi connectivity index (χ3n) is 0.431. The highest BCUT2D eigenvalue weighted by Gasteiger charge is 2.04. The molecule has 0 aromatic carbocycles. The van der Waals surface area contributed by atoms with E-state index in [1.165, 1.54) is 0 Å². The van der Waals surface area contributed by atoms with Crippen molar-refractivity contribution >= 4 is 24.0 Å². The number of aliphatic hydroxyl groups excluding tert-OH is 1. The molecule has 2 unspecified atom stereocenters. The van der Waals surface area contributed by atoms with Crippen LogP contribution in [-0.4, -0.2) is 26.7 Å². The molecule has 6 heteroatoms. The van der Waals surface area contributed by atoms with Crippen molar-refractivity contribution in [3.05, 3.63) is 0 Å². The van der Waals surface area contributed by atoms with Crippen LogP contribution in [0.15, 0.2) is 0 Å². The highest BCUT2D eigenvalue weighted by atomic mass is 79.9. The summed E-state index contributed by atoms with van der Waals surface area (Å²) in [5, 5.41) is 8.54. The molecule has 0 aliphatic rings. The lowest BCUT2D eigenvalue weighted by molar-refractivity contribution is 0.262. The first kappa shape index (κ1) is 15.1. The predicted octanol–water partition coefficient (Wildman–Crippen LogP) is 0.910. The summed E-state index contributed by atoms with van der Waals surface area (Å²) < 4.78 is 9.84. The van der Waals surface area contributed by atoms with Gasteiger partial charge in [-0.25, -0.2) is 0 Å². The van der Waals surface area contributed by atoms with Gasteiger partial charge in [-0.1, -0.05) is 15.9 Å². The fourth-order valence-corrected chi connectivity index (χ4v) is 1.03. The third-order valence-corrected chi connectivity index (χ3v) is 2.42. The van der Waals surface area contributed by atoms with Gasteiger partial charge in [0.25, 0.3) is 0 Å². The van der Waals surface area contributed by atoms with Crippen LogP contribution < -0.4 is 5.73 Å². The monoisotopic (exact) mass is 261 g/mol. The van der Waals surface area contributed by atoms with Crippen LogP contribution in [0.5, 0.6) is 0 Å². The van der Waals surface area contributed by atoms with Crippen molar-refractivity contribution in [2.24, 2.45) is 5.73 Å². The predicted molar refractivity (Wildman–Crippen MR) is 55.0 cm³/mol. The summed E-state index contributed by atoms with van der Waals surface area (Å²) in [6, 6.07) is 0. The Balaban J connectivity index is 0. The number of rotatable bonds is 2. The average Bonchev–Trinajstić information content (AvgIpc) is 1.82. The van der Waals surface area contributed by atoms with Crippen molar-refractivity contribution in [2.75, 3.05) is 5.33 Å². The second-order valence-corrected chi connectivity index (χ2v) is 5.36. The van der Waals surface area contributed by atoms with E-state index >= 15 is 0 Å². The molecule has 0 aromatic rings. The van der Waals surface area contributed by atoms with E-state index in [2.05, 4.69) is 15.9 Å². The number of hydrogen-bond donors (Lipinski definition) is 3. The zero-order valence-electron chi connectivity index (χ0n) is 7.54. The molecule has 2 atom stereocenters. The molecular weight excluding hydrogens is 245 g/mol. The van der Waals surface area contributed by atoms with E-state index in [0.29, 0.717) is 0 Å². The molecular formula is C6H17BrNO3P. The Morgan fingerprint density at radius 1 is 1.58 bits per heavy atom. The van der Waals surface area contributed by atoms with Gasteiger partial charge in [0.2, 0.25) is 8.03 Å². The van der Waals surface area contributed by atoms with Gasteiger partial charge in [-0.15, -0.1) is 0 Å². The van der Waals surface area contributed by atoms with E-state index in [1.54, 1.807) is 0 Å². The number of nitrogens with two attached hydrogens (primary N) is 1. The number of alkyl halides is 1. The van der Waals surface area contributed by atoms with Gasteiger partial charge in [0.05, 0.1) is 0 Å². The van der Waals surface area contributed by atoms with Crippen LogP contribution in [0.4, 0.5) is 0 Å². The SMILES string of the molecule is CC(C)(C)N.O=[PH](O)C(O)CBr. The van der Waals surface area contributed by atoms with Crippen molar-refractivity contribution in [3.8, 4) is 0 Å². The van der Waals surface area contributed by atoms with E-state index in [1.807, 2.05) is 20.8 Å². The molecule has 0 aromatic heterocycles. The lowest BCUT2D eigenvalue weighted by Gasteiger charge is -2.06. The van der Waals surface area contributed by atoms with Crippen LogP contribution in [0, 0.1) is 0 Å². The van der Waals surface area contributed by atoms with Crippen molar-refractivity contribution in [1.29, 1.82) is 0 Å². The Morgan fingerprint density at radius 3 is 1.83 bits per heavy atom. The van der Waals surface area contributed by atoms with Crippen LogP contribution in [0.25, 0.3) is 0 Å². The van der Waals surface area contributed by atoms with Gasteiger partial charge in [-0.2, -0.15) is 0 Å². The second kappa shape index (κ2) is 7.04. The highest BCUT2D eigenvalue weighted by Crippen LogP contribution is 2.20. The Kier molecular flexibility index (Phi) is 8.84. The fourth-order valence-electron chi connectivity index (χ4n) is 0.0660. The zero-order chi connectivity index (χ0) is 10.4. The lowest BCUT2D eigenvalue weighted by atomic mass is 10.1. The van der Waals surface area contributed by atoms with E-state index in [-0.39, 0.29) is 10.9 Å². The maximum absolute atomic E-state index is 9.84. The molecule has 76 valence electrons. The van der Waals surface area contributed by atoms with Crippen molar-refractivity contribution in [1.82, 2.24) is 0 Å². The molecule has 4 N–H and O–H groups in total. The minimum absolute atomic E-state index is 0. The number of aliphatic hydroxyl groups is 1. The zero-order valence-corrected chi connectivity index (χ0v) is 10.1. The molecule has 0 amide bonds. The summed E-state index contributed by atoms with van der Waals surface area (Å²) in [4.78, 5) is 8.09. The summed E-state index contributed by atoms with van der Waals surface area (Å²) >= 11 is 2.83. The minimum atomic E-state index is -2.70. The van der Waals surface area contributed by atoms with Crippen LogP contribution in [-0.2, 0) is 4.57 Å². The molecule has 0 heterocycles. The van der Waals surface area contributed by atoms with Gasteiger partial charge >= 0.3 is 0 Å². The van der Waals surface area contributed by atoms with E-state index in [4.69, 9.17) is 15.7 Å². The molecule has 4 nitrogen and oxygen atoms in total. The maximum atomic E-state index is 9.84. The van der Waals surface area contributed by atoms with E-state index in [9.17, 15) is 4.57 Å².